The molecule has 0 radical (unpaired) electrons. The molecule has 3 aromatic rings. The number of aromatic nitrogens is 2. The molecule has 0 aliphatic rings. The van der Waals surface area contributed by atoms with Crippen LogP contribution in [0, 0.1) is 0 Å². The molecule has 0 aliphatic carbocycles. The van der Waals surface area contributed by atoms with Gasteiger partial charge in [0.25, 0.3) is 0 Å². The summed E-state index contributed by atoms with van der Waals surface area (Å²) in [4.78, 5) is 8.03. The maximum Gasteiger partial charge on any atom is 0.190 e. The van der Waals surface area contributed by atoms with E-state index in [4.69, 9.17) is 26.5 Å². The molecular formula is C13H10ClN3O2. The number of nitrogen functional groups attached to an aromatic ring is 1. The summed E-state index contributed by atoms with van der Waals surface area (Å²) < 4.78 is 10.9. The number of halogens is 1. The Morgan fingerprint density at radius 1 is 1.32 bits per heavy atom. The first-order valence-corrected chi connectivity index (χ1v) is 5.91. The number of ether oxygens (including phenoxy) is 1. The van der Waals surface area contributed by atoms with Crippen LogP contribution in [-0.2, 0) is 0 Å². The van der Waals surface area contributed by atoms with Gasteiger partial charge in [-0.3, -0.25) is 0 Å². The lowest BCUT2D eigenvalue weighted by atomic mass is 10.2. The quantitative estimate of drug-likeness (QED) is 0.778. The standard InChI is InChI=1S/C13H10ClN3O2/c1-18-12-10(16-6-17-13(12)15)9-5-7-3-2-4-8(14)11(7)19-9/h2-6H,1H3,(H2,15,16,17). The summed E-state index contributed by atoms with van der Waals surface area (Å²) in [6, 6.07) is 7.37. The molecule has 3 rings (SSSR count). The summed E-state index contributed by atoms with van der Waals surface area (Å²) in [5.41, 5.74) is 6.86. The van der Waals surface area contributed by atoms with Gasteiger partial charge in [0.1, 0.15) is 6.33 Å². The van der Waals surface area contributed by atoms with Gasteiger partial charge in [-0.1, -0.05) is 23.7 Å². The predicted molar refractivity (Wildman–Crippen MR) is 73.2 cm³/mol. The minimum absolute atomic E-state index is 0.263. The van der Waals surface area contributed by atoms with E-state index in [0.29, 0.717) is 27.8 Å². The summed E-state index contributed by atoms with van der Waals surface area (Å²) in [7, 11) is 1.51. The molecule has 0 spiro atoms. The molecule has 0 unspecified atom stereocenters. The van der Waals surface area contributed by atoms with Gasteiger partial charge in [0.2, 0.25) is 0 Å². The first-order valence-electron chi connectivity index (χ1n) is 5.53. The highest BCUT2D eigenvalue weighted by Gasteiger charge is 2.16. The smallest absolute Gasteiger partial charge is 0.190 e. The molecule has 2 N–H and O–H groups in total. The zero-order valence-corrected chi connectivity index (χ0v) is 10.8. The van der Waals surface area contributed by atoms with Crippen molar-refractivity contribution < 1.29 is 9.15 Å². The SMILES string of the molecule is COc1c(N)ncnc1-c1cc2cccc(Cl)c2o1. The molecular weight excluding hydrogens is 266 g/mol. The van der Waals surface area contributed by atoms with Gasteiger partial charge >= 0.3 is 0 Å². The third kappa shape index (κ3) is 1.88. The Kier molecular flexibility index (Phi) is 2.76. The average Bonchev–Trinajstić information content (AvgIpc) is 2.84. The van der Waals surface area contributed by atoms with Crippen molar-refractivity contribution in [3.63, 3.8) is 0 Å². The number of furan rings is 1. The van der Waals surface area contributed by atoms with Gasteiger partial charge in [0, 0.05) is 5.39 Å². The van der Waals surface area contributed by atoms with Gasteiger partial charge in [-0.25, -0.2) is 9.97 Å². The normalized spacial score (nSPS) is 10.8. The minimum atomic E-state index is 0.263. The molecule has 2 aromatic heterocycles. The Hall–Kier alpha value is -2.27. The van der Waals surface area contributed by atoms with Crippen LogP contribution in [0.3, 0.4) is 0 Å². The van der Waals surface area contributed by atoms with Crippen molar-refractivity contribution in [1.29, 1.82) is 0 Å². The Labute approximate surface area is 114 Å². The van der Waals surface area contributed by atoms with E-state index in [0.717, 1.165) is 5.39 Å². The molecule has 19 heavy (non-hydrogen) atoms. The van der Waals surface area contributed by atoms with Crippen LogP contribution in [0.2, 0.25) is 5.02 Å². The Morgan fingerprint density at radius 3 is 2.89 bits per heavy atom. The van der Waals surface area contributed by atoms with Gasteiger partial charge in [-0.15, -0.1) is 0 Å². The van der Waals surface area contributed by atoms with E-state index >= 15 is 0 Å². The van der Waals surface area contributed by atoms with Crippen molar-refractivity contribution in [3.05, 3.63) is 35.6 Å². The molecule has 6 heteroatoms. The van der Waals surface area contributed by atoms with E-state index in [1.54, 1.807) is 6.07 Å². The maximum atomic E-state index is 6.08. The van der Waals surface area contributed by atoms with Gasteiger partial charge < -0.3 is 14.9 Å². The topological polar surface area (TPSA) is 74.2 Å². The second kappa shape index (κ2) is 4.44. The number of hydrogen-bond donors (Lipinski definition) is 1. The highest BCUT2D eigenvalue weighted by molar-refractivity contribution is 6.34. The number of methoxy groups -OCH3 is 1. The number of nitrogens with two attached hydrogens (primary N) is 1. The number of benzene rings is 1. The molecule has 0 fully saturated rings. The monoisotopic (exact) mass is 275 g/mol. The fraction of sp³-hybridized carbons (Fsp3) is 0.0769. The van der Waals surface area contributed by atoms with Crippen molar-refractivity contribution in [1.82, 2.24) is 9.97 Å². The highest BCUT2D eigenvalue weighted by atomic mass is 35.5. The van der Waals surface area contributed by atoms with Crippen molar-refractivity contribution in [3.8, 4) is 17.2 Å². The Bertz CT molecular complexity index is 755. The molecule has 0 aliphatic heterocycles. The molecule has 0 amide bonds. The summed E-state index contributed by atoms with van der Waals surface area (Å²) in [6.45, 7) is 0. The first-order chi connectivity index (χ1) is 9.20. The molecule has 96 valence electrons. The van der Waals surface area contributed by atoms with E-state index in [-0.39, 0.29) is 5.82 Å². The predicted octanol–water partition coefficient (Wildman–Crippen LogP) is 3.13. The van der Waals surface area contributed by atoms with Crippen molar-refractivity contribution in [2.45, 2.75) is 0 Å². The third-order valence-electron chi connectivity index (χ3n) is 2.76. The van der Waals surface area contributed by atoms with Crippen LogP contribution in [0.1, 0.15) is 0 Å². The van der Waals surface area contributed by atoms with Gasteiger partial charge in [0.15, 0.2) is 28.6 Å². The molecule has 2 heterocycles. The molecule has 1 aromatic carbocycles. The molecule has 5 nitrogen and oxygen atoms in total. The fourth-order valence-electron chi connectivity index (χ4n) is 1.91. The first kappa shape index (κ1) is 11.8. The number of rotatable bonds is 2. The lowest BCUT2D eigenvalue weighted by Gasteiger charge is -2.06. The van der Waals surface area contributed by atoms with E-state index in [1.165, 1.54) is 13.4 Å². The largest absolute Gasteiger partial charge is 0.491 e. The third-order valence-corrected chi connectivity index (χ3v) is 3.06. The summed E-state index contributed by atoms with van der Waals surface area (Å²) >= 11 is 6.08. The van der Waals surface area contributed by atoms with Gasteiger partial charge in [0.05, 0.1) is 12.1 Å². The van der Waals surface area contributed by atoms with Crippen molar-refractivity contribution >= 4 is 28.4 Å². The molecule has 0 saturated carbocycles. The van der Waals surface area contributed by atoms with Crippen LogP contribution in [0.4, 0.5) is 5.82 Å². The summed E-state index contributed by atoms with van der Waals surface area (Å²) in [5.74, 6) is 1.19. The van der Waals surface area contributed by atoms with Crippen molar-refractivity contribution in [2.24, 2.45) is 0 Å². The van der Waals surface area contributed by atoms with E-state index < -0.39 is 0 Å². The van der Waals surface area contributed by atoms with Crippen LogP contribution in [0.25, 0.3) is 22.4 Å². The number of nitrogens with zero attached hydrogens (tertiary/aromatic N) is 2. The zero-order valence-electron chi connectivity index (χ0n) is 10.1. The molecule has 0 bridgehead atoms. The molecule has 0 atom stereocenters. The van der Waals surface area contributed by atoms with Crippen LogP contribution in [0.5, 0.6) is 5.75 Å². The summed E-state index contributed by atoms with van der Waals surface area (Å²) in [5, 5.41) is 1.44. The zero-order chi connectivity index (χ0) is 13.4. The highest BCUT2D eigenvalue weighted by Crippen LogP contribution is 2.36. The maximum absolute atomic E-state index is 6.08. The van der Waals surface area contributed by atoms with Gasteiger partial charge in [-0.05, 0) is 12.1 Å². The summed E-state index contributed by atoms with van der Waals surface area (Å²) in [6.07, 6.45) is 1.36. The number of anilines is 1. The number of para-hydroxylation sites is 1. The van der Waals surface area contributed by atoms with E-state index in [1.807, 2.05) is 18.2 Å². The Morgan fingerprint density at radius 2 is 2.16 bits per heavy atom. The van der Waals surface area contributed by atoms with Crippen LogP contribution < -0.4 is 10.5 Å². The minimum Gasteiger partial charge on any atom is -0.491 e. The average molecular weight is 276 g/mol. The van der Waals surface area contributed by atoms with Crippen LogP contribution in [0.15, 0.2) is 35.0 Å². The molecule has 0 saturated heterocycles. The lowest BCUT2D eigenvalue weighted by molar-refractivity contribution is 0.413. The van der Waals surface area contributed by atoms with E-state index in [9.17, 15) is 0 Å². The Balaban J connectivity index is 2.25. The van der Waals surface area contributed by atoms with Crippen LogP contribution in [-0.4, -0.2) is 17.1 Å². The van der Waals surface area contributed by atoms with E-state index in [2.05, 4.69) is 9.97 Å². The second-order valence-corrected chi connectivity index (χ2v) is 4.32. The number of fused-ring (bicyclic) bond motifs is 1. The fourth-order valence-corrected chi connectivity index (χ4v) is 2.13. The number of hydrogen-bond acceptors (Lipinski definition) is 5. The van der Waals surface area contributed by atoms with Crippen molar-refractivity contribution in [2.75, 3.05) is 12.8 Å². The second-order valence-electron chi connectivity index (χ2n) is 3.91. The van der Waals surface area contributed by atoms with Gasteiger partial charge in [-0.2, -0.15) is 0 Å². The lowest BCUT2D eigenvalue weighted by Crippen LogP contribution is -1.99. The van der Waals surface area contributed by atoms with Crippen LogP contribution >= 0.6 is 11.6 Å².